The van der Waals surface area contributed by atoms with Gasteiger partial charge in [0.15, 0.2) is 16.8 Å². The van der Waals surface area contributed by atoms with E-state index in [1.807, 2.05) is 0 Å². The van der Waals surface area contributed by atoms with E-state index >= 15 is 0 Å². The summed E-state index contributed by atoms with van der Waals surface area (Å²) < 4.78 is 55.2. The number of nitrogens with one attached hydrogen (secondary N) is 1. The molecule has 10 heteroatoms. The number of aromatic nitrogens is 2. The molecule has 0 atom stereocenters. The smallest absolute Gasteiger partial charge is 0.272 e. The van der Waals surface area contributed by atoms with E-state index in [4.69, 9.17) is 0 Å². The van der Waals surface area contributed by atoms with Crippen molar-refractivity contribution < 1.29 is 22.4 Å². The summed E-state index contributed by atoms with van der Waals surface area (Å²) in [7, 11) is 3.80. The third kappa shape index (κ3) is 5.87. The monoisotopic (exact) mass is 506 g/mol. The number of rotatable bonds is 7. The predicted molar refractivity (Wildman–Crippen MR) is 127 cm³/mol. The van der Waals surface area contributed by atoms with Crippen LogP contribution in [0.1, 0.15) is 28.9 Å². The lowest BCUT2D eigenvalue weighted by Gasteiger charge is -2.31. The van der Waals surface area contributed by atoms with E-state index in [0.717, 1.165) is 49.8 Å². The zero-order valence-corrected chi connectivity index (χ0v) is 20.3. The average molecular weight is 507 g/mol. The predicted octanol–water partition coefficient (Wildman–Crippen LogP) is 5.34. The van der Waals surface area contributed by atoms with E-state index in [9.17, 15) is 22.4 Å². The van der Waals surface area contributed by atoms with Gasteiger partial charge in [0.1, 0.15) is 23.0 Å². The van der Waals surface area contributed by atoms with E-state index in [1.54, 1.807) is 11.9 Å². The van der Waals surface area contributed by atoms with Gasteiger partial charge in [-0.15, -0.1) is 0 Å². The SMILES string of the molecule is CN1CCC(CN(C)C(=O)c2[nH]c(SCc3c(F)ccc(F)c3F)nc2-c2ccc(F)cc2)CC1. The molecule has 1 amide bonds. The molecule has 0 spiro atoms. The Morgan fingerprint density at radius 3 is 2.43 bits per heavy atom. The number of carbonyl (C=O) groups is 1. The average Bonchev–Trinajstić information content (AvgIpc) is 3.27. The molecule has 0 aliphatic carbocycles. The van der Waals surface area contributed by atoms with Crippen molar-refractivity contribution in [3.05, 3.63) is 70.9 Å². The summed E-state index contributed by atoms with van der Waals surface area (Å²) in [6.07, 6.45) is 1.99. The van der Waals surface area contributed by atoms with Crippen LogP contribution >= 0.6 is 11.8 Å². The normalized spacial score (nSPS) is 14.9. The number of halogens is 4. The second-order valence-electron chi connectivity index (χ2n) is 8.82. The van der Waals surface area contributed by atoms with Gasteiger partial charge in [-0.05, 0) is 75.3 Å². The molecule has 0 bridgehead atoms. The number of hydrogen-bond donors (Lipinski definition) is 1. The number of amides is 1. The van der Waals surface area contributed by atoms with Crippen molar-refractivity contribution >= 4 is 17.7 Å². The highest BCUT2D eigenvalue weighted by Gasteiger charge is 2.26. The maximum Gasteiger partial charge on any atom is 0.272 e. The van der Waals surface area contributed by atoms with Crippen LogP contribution in [0.3, 0.4) is 0 Å². The molecule has 35 heavy (non-hydrogen) atoms. The quantitative estimate of drug-likeness (QED) is 0.267. The molecule has 1 aliphatic heterocycles. The summed E-state index contributed by atoms with van der Waals surface area (Å²) in [5.41, 5.74) is 0.623. The second kappa shape index (κ2) is 10.8. The minimum absolute atomic E-state index is 0.203. The fourth-order valence-corrected chi connectivity index (χ4v) is 5.01. The van der Waals surface area contributed by atoms with Crippen LogP contribution in [-0.2, 0) is 5.75 Å². The number of carbonyl (C=O) groups excluding carboxylic acids is 1. The van der Waals surface area contributed by atoms with Crippen LogP contribution in [0.4, 0.5) is 17.6 Å². The fourth-order valence-electron chi connectivity index (χ4n) is 4.14. The fraction of sp³-hybridized carbons (Fsp3) is 0.360. The van der Waals surface area contributed by atoms with Crippen molar-refractivity contribution in [2.45, 2.75) is 23.8 Å². The summed E-state index contributed by atoms with van der Waals surface area (Å²) in [5.74, 6) is -3.82. The summed E-state index contributed by atoms with van der Waals surface area (Å²) in [6.45, 7) is 2.54. The van der Waals surface area contributed by atoms with Gasteiger partial charge in [0.2, 0.25) is 0 Å². The molecule has 1 saturated heterocycles. The van der Waals surface area contributed by atoms with Crippen LogP contribution in [0, 0.1) is 29.2 Å². The molecular formula is C25H26F4N4OS. The number of H-pyrrole nitrogens is 1. The Bertz CT molecular complexity index is 1190. The van der Waals surface area contributed by atoms with Crippen molar-refractivity contribution in [3.8, 4) is 11.3 Å². The highest BCUT2D eigenvalue weighted by molar-refractivity contribution is 7.98. The lowest BCUT2D eigenvalue weighted by molar-refractivity contribution is 0.0742. The second-order valence-corrected chi connectivity index (χ2v) is 9.78. The first-order valence-corrected chi connectivity index (χ1v) is 12.3. The van der Waals surface area contributed by atoms with Crippen molar-refractivity contribution in [1.82, 2.24) is 19.8 Å². The van der Waals surface area contributed by atoms with Crippen molar-refractivity contribution in [1.29, 1.82) is 0 Å². The molecule has 3 aromatic rings. The summed E-state index contributed by atoms with van der Waals surface area (Å²) >= 11 is 0.945. The first-order valence-electron chi connectivity index (χ1n) is 11.3. The van der Waals surface area contributed by atoms with Gasteiger partial charge in [0.25, 0.3) is 5.91 Å². The minimum atomic E-state index is -1.25. The van der Waals surface area contributed by atoms with Gasteiger partial charge in [-0.3, -0.25) is 4.79 Å². The molecule has 0 radical (unpaired) electrons. The highest BCUT2D eigenvalue weighted by Crippen LogP contribution is 2.30. The van der Waals surface area contributed by atoms with Crippen LogP contribution in [0.25, 0.3) is 11.3 Å². The lowest BCUT2D eigenvalue weighted by atomic mass is 9.96. The standard InChI is InChI=1S/C25H26F4N4OS/c1-32-11-9-15(10-12-32)13-33(2)24(34)23-22(16-3-5-17(26)6-4-16)30-25(31-23)35-14-18-19(27)7-8-20(28)21(18)29/h3-8,15H,9-14H2,1-2H3,(H,30,31). The van der Waals surface area contributed by atoms with E-state index in [0.29, 0.717) is 23.7 Å². The Morgan fingerprint density at radius 1 is 1.09 bits per heavy atom. The third-order valence-electron chi connectivity index (χ3n) is 6.22. The van der Waals surface area contributed by atoms with Crippen molar-refractivity contribution in [2.75, 3.05) is 33.7 Å². The minimum Gasteiger partial charge on any atom is -0.340 e. The number of nitrogens with zero attached hydrogens (tertiary/aromatic N) is 3. The van der Waals surface area contributed by atoms with Crippen molar-refractivity contribution in [2.24, 2.45) is 5.92 Å². The molecular weight excluding hydrogens is 480 g/mol. The van der Waals surface area contributed by atoms with Gasteiger partial charge in [0.05, 0.1) is 0 Å². The van der Waals surface area contributed by atoms with E-state index in [-0.39, 0.29) is 22.5 Å². The molecule has 1 aliphatic rings. The van der Waals surface area contributed by atoms with E-state index in [2.05, 4.69) is 21.9 Å². The van der Waals surface area contributed by atoms with Crippen LogP contribution < -0.4 is 0 Å². The van der Waals surface area contributed by atoms with Crippen molar-refractivity contribution in [3.63, 3.8) is 0 Å². The Labute approximate surface area is 205 Å². The maximum absolute atomic E-state index is 14.1. The van der Waals surface area contributed by atoms with Gasteiger partial charge in [-0.1, -0.05) is 11.8 Å². The first kappa shape index (κ1) is 25.2. The number of thioether (sulfide) groups is 1. The third-order valence-corrected chi connectivity index (χ3v) is 7.12. The van der Waals surface area contributed by atoms with Gasteiger partial charge >= 0.3 is 0 Å². The Kier molecular flexibility index (Phi) is 7.81. The lowest BCUT2D eigenvalue weighted by Crippen LogP contribution is -2.38. The zero-order valence-electron chi connectivity index (χ0n) is 19.5. The molecule has 1 N–H and O–H groups in total. The van der Waals surface area contributed by atoms with E-state index < -0.39 is 28.8 Å². The first-order chi connectivity index (χ1) is 16.7. The summed E-state index contributed by atoms with van der Waals surface area (Å²) in [5, 5.41) is 0.239. The Balaban J connectivity index is 1.58. The summed E-state index contributed by atoms with van der Waals surface area (Å²) in [4.78, 5) is 24.7. The number of aromatic amines is 1. The zero-order chi connectivity index (χ0) is 25.1. The molecule has 5 nitrogen and oxygen atoms in total. The van der Waals surface area contributed by atoms with Crippen LogP contribution in [0.5, 0.6) is 0 Å². The van der Waals surface area contributed by atoms with Crippen LogP contribution in [-0.4, -0.2) is 59.4 Å². The molecule has 1 aromatic heterocycles. The van der Waals surface area contributed by atoms with Crippen LogP contribution in [0.2, 0.25) is 0 Å². The van der Waals surface area contributed by atoms with Gasteiger partial charge in [0, 0.05) is 30.5 Å². The highest BCUT2D eigenvalue weighted by atomic mass is 32.2. The molecule has 0 unspecified atom stereocenters. The van der Waals surface area contributed by atoms with Gasteiger partial charge in [-0.2, -0.15) is 0 Å². The summed E-state index contributed by atoms with van der Waals surface area (Å²) in [6, 6.07) is 7.16. The Morgan fingerprint density at radius 2 is 1.74 bits per heavy atom. The molecule has 4 rings (SSSR count). The number of imidazole rings is 1. The van der Waals surface area contributed by atoms with E-state index in [1.165, 1.54) is 24.3 Å². The number of hydrogen-bond acceptors (Lipinski definition) is 4. The largest absolute Gasteiger partial charge is 0.340 e. The van der Waals surface area contributed by atoms with Crippen LogP contribution in [0.15, 0.2) is 41.6 Å². The van der Waals surface area contributed by atoms with Gasteiger partial charge < -0.3 is 14.8 Å². The molecule has 2 heterocycles. The van der Waals surface area contributed by atoms with Gasteiger partial charge in [-0.25, -0.2) is 22.5 Å². The number of piperidine rings is 1. The number of benzene rings is 2. The maximum atomic E-state index is 14.1. The molecule has 2 aromatic carbocycles. The molecule has 1 fully saturated rings. The number of likely N-dealkylation sites (tertiary alicyclic amines) is 1. The Hall–Kier alpha value is -2.85. The molecule has 186 valence electrons. The topological polar surface area (TPSA) is 52.2 Å². The molecule has 0 saturated carbocycles.